The summed E-state index contributed by atoms with van der Waals surface area (Å²) in [6, 6.07) is 0. The molecule has 0 unspecified atom stereocenters. The number of amides is 1. The fraction of sp³-hybridized carbons (Fsp3) is 0.778. The molecule has 0 N–H and O–H groups in total. The first kappa shape index (κ1) is 19.8. The van der Waals surface area contributed by atoms with Crippen molar-refractivity contribution in [2.45, 2.75) is 52.1 Å². The lowest BCUT2D eigenvalue weighted by Crippen LogP contribution is -2.37. The lowest BCUT2D eigenvalue weighted by molar-refractivity contribution is -0.138. The average Bonchev–Trinajstić information content (AvgIpc) is 2.95. The number of carbonyl (C=O) groups excluding carboxylic acids is 2. The zero-order chi connectivity index (χ0) is 17.2. The first-order valence-electron chi connectivity index (χ1n) is 8.56. The Morgan fingerprint density at radius 1 is 1.26 bits per heavy atom. The molecule has 0 bridgehead atoms. The third-order valence-corrected chi connectivity index (χ3v) is 4.48. The van der Waals surface area contributed by atoms with Crippen molar-refractivity contribution in [2.24, 2.45) is 11.8 Å². The molecule has 0 spiro atoms. The fourth-order valence-corrected chi connectivity index (χ4v) is 3.11. The van der Waals surface area contributed by atoms with Crippen molar-refractivity contribution in [2.75, 3.05) is 27.0 Å². The zero-order valence-corrected chi connectivity index (χ0v) is 14.8. The molecule has 1 amide bonds. The summed E-state index contributed by atoms with van der Waals surface area (Å²) in [4.78, 5) is 26.3. The predicted molar refractivity (Wildman–Crippen MR) is 89.9 cm³/mol. The molecule has 0 aromatic rings. The maximum atomic E-state index is 12.7. The quantitative estimate of drug-likeness (QED) is 0.333. The third kappa shape index (κ3) is 6.43. The Labute approximate surface area is 140 Å². The van der Waals surface area contributed by atoms with Gasteiger partial charge in [-0.25, -0.2) is 0 Å². The number of hydrogen-bond acceptors (Lipinski definition) is 4. The molecule has 23 heavy (non-hydrogen) atoms. The molecule has 5 heteroatoms. The molecule has 3 atom stereocenters. The van der Waals surface area contributed by atoms with Crippen LogP contribution in [0.15, 0.2) is 12.7 Å². The molecule has 1 aliphatic rings. The second-order valence-corrected chi connectivity index (χ2v) is 6.24. The summed E-state index contributed by atoms with van der Waals surface area (Å²) < 4.78 is 10.8. The van der Waals surface area contributed by atoms with E-state index >= 15 is 0 Å². The molecule has 1 fully saturated rings. The van der Waals surface area contributed by atoms with Crippen molar-refractivity contribution in [3.63, 3.8) is 0 Å². The van der Waals surface area contributed by atoms with E-state index in [-0.39, 0.29) is 36.4 Å². The van der Waals surface area contributed by atoms with E-state index in [9.17, 15) is 9.59 Å². The molecule has 0 aromatic heterocycles. The van der Waals surface area contributed by atoms with Crippen molar-refractivity contribution in [1.29, 1.82) is 0 Å². The highest BCUT2D eigenvalue weighted by Gasteiger charge is 2.42. The van der Waals surface area contributed by atoms with Crippen molar-refractivity contribution in [1.82, 2.24) is 4.90 Å². The van der Waals surface area contributed by atoms with E-state index in [1.54, 1.807) is 11.8 Å². The van der Waals surface area contributed by atoms with Crippen LogP contribution >= 0.6 is 0 Å². The van der Waals surface area contributed by atoms with Gasteiger partial charge in [0, 0.05) is 26.1 Å². The highest BCUT2D eigenvalue weighted by atomic mass is 16.7. The maximum absolute atomic E-state index is 12.7. The molecule has 1 aliphatic carbocycles. The van der Waals surface area contributed by atoms with Gasteiger partial charge in [-0.3, -0.25) is 9.59 Å². The molecule has 1 saturated carbocycles. The summed E-state index contributed by atoms with van der Waals surface area (Å²) in [5.74, 6) is -0.356. The third-order valence-electron chi connectivity index (χ3n) is 4.48. The molecule has 0 heterocycles. The van der Waals surface area contributed by atoms with Crippen molar-refractivity contribution in [3.05, 3.63) is 12.7 Å². The normalized spacial score (nSPS) is 23.7. The number of ether oxygens (including phenoxy) is 2. The van der Waals surface area contributed by atoms with Crippen LogP contribution in [-0.4, -0.2) is 49.7 Å². The second kappa shape index (κ2) is 10.6. The minimum atomic E-state index is -0.261. The van der Waals surface area contributed by atoms with Crippen LogP contribution in [0.5, 0.6) is 0 Å². The van der Waals surface area contributed by atoms with E-state index in [1.165, 1.54) is 0 Å². The molecule has 0 aromatic carbocycles. The van der Waals surface area contributed by atoms with E-state index in [2.05, 4.69) is 6.58 Å². The number of carbonyl (C=O) groups is 2. The first-order chi connectivity index (χ1) is 11.0. The number of ketones is 1. The van der Waals surface area contributed by atoms with Gasteiger partial charge in [-0.1, -0.05) is 6.08 Å². The number of rotatable bonds is 11. The van der Waals surface area contributed by atoms with Crippen LogP contribution in [0, 0.1) is 11.8 Å². The summed E-state index contributed by atoms with van der Waals surface area (Å²) in [6.07, 6.45) is 5.99. The van der Waals surface area contributed by atoms with Gasteiger partial charge < -0.3 is 14.4 Å². The minimum absolute atomic E-state index is 0.0614. The lowest BCUT2D eigenvalue weighted by Gasteiger charge is -2.24. The molecule has 1 rings (SSSR count). The molecule has 132 valence electrons. The van der Waals surface area contributed by atoms with Gasteiger partial charge in [0.15, 0.2) is 0 Å². The summed E-state index contributed by atoms with van der Waals surface area (Å²) in [6.45, 7) is 8.72. The van der Waals surface area contributed by atoms with Gasteiger partial charge in [0.1, 0.15) is 12.6 Å². The highest BCUT2D eigenvalue weighted by molar-refractivity contribution is 5.88. The van der Waals surface area contributed by atoms with Gasteiger partial charge in [-0.05, 0) is 46.0 Å². The minimum Gasteiger partial charge on any atom is -0.356 e. The van der Waals surface area contributed by atoms with Gasteiger partial charge in [0.05, 0.1) is 12.0 Å². The standard InChI is InChI=1S/C18H31NO4/c1-5-7-8-9-10-19(4)18(21)17-12-15(23-13-22-6-2)11-16(17)14(3)20/h5,15-17H,1,6-13H2,2-4H3/t15-,16+,17-/m1/s1. The number of nitrogens with zero attached hydrogens (tertiary/aromatic N) is 1. The lowest BCUT2D eigenvalue weighted by atomic mass is 9.91. The largest absolute Gasteiger partial charge is 0.356 e. The second-order valence-electron chi connectivity index (χ2n) is 6.24. The van der Waals surface area contributed by atoms with Gasteiger partial charge in [0.25, 0.3) is 0 Å². The molecular weight excluding hydrogens is 294 g/mol. The predicted octanol–water partition coefficient (Wildman–Crippen LogP) is 2.80. The van der Waals surface area contributed by atoms with E-state index in [0.29, 0.717) is 19.4 Å². The van der Waals surface area contributed by atoms with Crippen LogP contribution in [0.2, 0.25) is 0 Å². The van der Waals surface area contributed by atoms with Crippen molar-refractivity contribution >= 4 is 11.7 Å². The maximum Gasteiger partial charge on any atom is 0.226 e. The van der Waals surface area contributed by atoms with Crippen LogP contribution in [0.4, 0.5) is 0 Å². The Hall–Kier alpha value is -1.20. The Balaban J connectivity index is 2.54. The van der Waals surface area contributed by atoms with E-state index in [0.717, 1.165) is 25.8 Å². The van der Waals surface area contributed by atoms with Crippen LogP contribution in [0.3, 0.4) is 0 Å². The Morgan fingerprint density at radius 3 is 2.57 bits per heavy atom. The smallest absolute Gasteiger partial charge is 0.226 e. The first-order valence-corrected chi connectivity index (χ1v) is 8.56. The zero-order valence-electron chi connectivity index (χ0n) is 14.8. The Bertz CT molecular complexity index is 396. The number of unbranched alkanes of at least 4 members (excludes halogenated alkanes) is 2. The van der Waals surface area contributed by atoms with Gasteiger partial charge in [-0.15, -0.1) is 6.58 Å². The number of hydrogen-bond donors (Lipinski definition) is 0. The summed E-state index contributed by atoms with van der Waals surface area (Å²) >= 11 is 0. The molecular formula is C18H31NO4. The van der Waals surface area contributed by atoms with E-state index < -0.39 is 0 Å². The molecule has 5 nitrogen and oxygen atoms in total. The van der Waals surface area contributed by atoms with Crippen LogP contribution in [0.1, 0.15) is 46.0 Å². The molecule has 0 saturated heterocycles. The van der Waals surface area contributed by atoms with Crippen molar-refractivity contribution in [3.8, 4) is 0 Å². The average molecular weight is 325 g/mol. The molecule has 0 radical (unpaired) electrons. The summed E-state index contributed by atoms with van der Waals surface area (Å²) in [5.41, 5.74) is 0. The van der Waals surface area contributed by atoms with Crippen LogP contribution < -0.4 is 0 Å². The van der Waals surface area contributed by atoms with Crippen LogP contribution in [0.25, 0.3) is 0 Å². The van der Waals surface area contributed by atoms with Gasteiger partial charge in [0.2, 0.25) is 5.91 Å². The van der Waals surface area contributed by atoms with E-state index in [4.69, 9.17) is 9.47 Å². The SMILES string of the molecule is C=CCCCCN(C)C(=O)[C@@H]1C[C@H](OCOCC)C[C@H]1C(C)=O. The molecule has 0 aliphatic heterocycles. The highest BCUT2D eigenvalue weighted by Crippen LogP contribution is 2.35. The van der Waals surface area contributed by atoms with E-state index in [1.807, 2.05) is 20.0 Å². The number of Topliss-reactive ketones (excluding diaryl/α,β-unsaturated/α-hetero) is 1. The van der Waals surface area contributed by atoms with Gasteiger partial charge >= 0.3 is 0 Å². The summed E-state index contributed by atoms with van der Waals surface area (Å²) in [7, 11) is 1.82. The monoisotopic (exact) mass is 325 g/mol. The summed E-state index contributed by atoms with van der Waals surface area (Å²) in [5, 5.41) is 0. The topological polar surface area (TPSA) is 55.8 Å². The van der Waals surface area contributed by atoms with Gasteiger partial charge in [-0.2, -0.15) is 0 Å². The van der Waals surface area contributed by atoms with Crippen LogP contribution in [-0.2, 0) is 19.1 Å². The Morgan fingerprint density at radius 2 is 1.96 bits per heavy atom. The Kier molecular flexibility index (Phi) is 9.10. The fourth-order valence-electron chi connectivity index (χ4n) is 3.11. The van der Waals surface area contributed by atoms with Crippen molar-refractivity contribution < 1.29 is 19.1 Å². The number of allylic oxidation sites excluding steroid dienone is 1.